The van der Waals surface area contributed by atoms with Crippen molar-refractivity contribution in [1.82, 2.24) is 0 Å². The van der Waals surface area contributed by atoms with Crippen molar-refractivity contribution in [3.05, 3.63) is 22.2 Å². The number of hydrogen-bond acceptors (Lipinski definition) is 2. The summed E-state index contributed by atoms with van der Waals surface area (Å²) in [5.41, 5.74) is 9.78. The summed E-state index contributed by atoms with van der Waals surface area (Å²) in [5.74, 6) is 0. The van der Waals surface area contributed by atoms with E-state index >= 15 is 0 Å². The van der Waals surface area contributed by atoms with Gasteiger partial charge in [0, 0.05) is 28.7 Å². The lowest BCUT2D eigenvalue weighted by molar-refractivity contribution is 0.194. The number of nitrogen functional groups attached to an aromatic ring is 1. The first-order valence-corrected chi connectivity index (χ1v) is 7.11. The lowest BCUT2D eigenvalue weighted by atomic mass is 9.75. The molecule has 0 aromatic heterocycles. The first-order chi connectivity index (χ1) is 8.01. The van der Waals surface area contributed by atoms with E-state index in [1.807, 2.05) is 6.92 Å². The van der Waals surface area contributed by atoms with Crippen molar-refractivity contribution in [3.63, 3.8) is 0 Å². The zero-order valence-electron chi connectivity index (χ0n) is 10.9. The highest BCUT2D eigenvalue weighted by atomic mass is 79.9. The van der Waals surface area contributed by atoms with E-state index in [1.165, 1.54) is 18.5 Å². The van der Waals surface area contributed by atoms with E-state index in [4.69, 9.17) is 5.73 Å². The molecule has 0 aliphatic carbocycles. The number of hydrogen-bond donors (Lipinski definition) is 1. The minimum Gasteiger partial charge on any atom is -0.398 e. The van der Waals surface area contributed by atoms with Gasteiger partial charge in [-0.2, -0.15) is 0 Å². The Hall–Kier alpha value is -0.700. The molecular weight excluding hydrogens is 276 g/mol. The Morgan fingerprint density at radius 3 is 2.41 bits per heavy atom. The molecule has 17 heavy (non-hydrogen) atoms. The van der Waals surface area contributed by atoms with Crippen LogP contribution in [0.1, 0.15) is 32.3 Å². The topological polar surface area (TPSA) is 29.3 Å². The summed E-state index contributed by atoms with van der Waals surface area (Å²) in [4.78, 5) is 2.42. The molecule has 0 atom stereocenters. The molecule has 2 N–H and O–H groups in total. The van der Waals surface area contributed by atoms with Crippen LogP contribution in [0.2, 0.25) is 0 Å². The normalized spacial score (nSPS) is 18.0. The van der Waals surface area contributed by atoms with Crippen LogP contribution in [0.25, 0.3) is 0 Å². The molecule has 1 heterocycles. The third-order valence-electron chi connectivity index (χ3n) is 4.23. The van der Waals surface area contributed by atoms with Crippen LogP contribution in [-0.4, -0.2) is 13.1 Å². The molecule has 0 unspecified atom stereocenters. The number of halogens is 1. The predicted octanol–water partition coefficient (Wildman–Crippen LogP) is 3.97. The van der Waals surface area contributed by atoms with Gasteiger partial charge < -0.3 is 10.6 Å². The number of nitrogens with zero attached hydrogens (tertiary/aromatic N) is 1. The second-order valence-corrected chi connectivity index (χ2v) is 6.08. The zero-order chi connectivity index (χ0) is 12.6. The van der Waals surface area contributed by atoms with Gasteiger partial charge in [0.05, 0.1) is 5.69 Å². The quantitative estimate of drug-likeness (QED) is 0.855. The second-order valence-electron chi connectivity index (χ2n) is 5.22. The van der Waals surface area contributed by atoms with Crippen molar-refractivity contribution in [3.8, 4) is 0 Å². The monoisotopic (exact) mass is 296 g/mol. The minimum absolute atomic E-state index is 0.527. The summed E-state index contributed by atoms with van der Waals surface area (Å²) >= 11 is 3.64. The van der Waals surface area contributed by atoms with Gasteiger partial charge in [-0.05, 0) is 53.4 Å². The van der Waals surface area contributed by atoms with E-state index in [2.05, 4.69) is 46.8 Å². The smallest absolute Gasteiger partial charge is 0.0531 e. The van der Waals surface area contributed by atoms with Gasteiger partial charge in [-0.25, -0.2) is 0 Å². The summed E-state index contributed by atoms with van der Waals surface area (Å²) in [6, 6.07) is 4.21. The van der Waals surface area contributed by atoms with Gasteiger partial charge in [0.15, 0.2) is 0 Å². The third kappa shape index (κ3) is 2.17. The first kappa shape index (κ1) is 12.7. The Balaban J connectivity index is 2.19. The van der Waals surface area contributed by atoms with Gasteiger partial charge in [0.2, 0.25) is 0 Å². The molecule has 0 saturated carbocycles. The van der Waals surface area contributed by atoms with Crippen molar-refractivity contribution in [2.24, 2.45) is 5.41 Å². The largest absolute Gasteiger partial charge is 0.398 e. The fourth-order valence-electron chi connectivity index (χ4n) is 2.55. The summed E-state index contributed by atoms with van der Waals surface area (Å²) < 4.78 is 1.16. The number of benzene rings is 1. The van der Waals surface area contributed by atoms with Crippen LogP contribution < -0.4 is 10.6 Å². The van der Waals surface area contributed by atoms with Crippen molar-refractivity contribution in [2.45, 2.75) is 33.6 Å². The highest BCUT2D eigenvalue weighted by Crippen LogP contribution is 2.43. The maximum atomic E-state index is 5.99. The zero-order valence-corrected chi connectivity index (χ0v) is 12.5. The molecule has 1 aliphatic heterocycles. The Morgan fingerprint density at radius 2 is 1.88 bits per heavy atom. The molecule has 1 aromatic carbocycles. The lowest BCUT2D eigenvalue weighted by Gasteiger charge is -2.51. The lowest BCUT2D eigenvalue weighted by Crippen LogP contribution is -2.56. The average Bonchev–Trinajstić information content (AvgIpc) is 2.25. The molecule has 1 saturated heterocycles. The molecule has 94 valence electrons. The van der Waals surface area contributed by atoms with E-state index in [0.717, 1.165) is 28.8 Å². The molecule has 1 aliphatic rings. The van der Waals surface area contributed by atoms with Crippen LogP contribution in [0.3, 0.4) is 0 Å². The van der Waals surface area contributed by atoms with Crippen LogP contribution in [0.15, 0.2) is 16.6 Å². The molecule has 2 nitrogen and oxygen atoms in total. The van der Waals surface area contributed by atoms with E-state index in [-0.39, 0.29) is 0 Å². The third-order valence-corrected chi connectivity index (χ3v) is 4.86. The van der Waals surface area contributed by atoms with E-state index < -0.39 is 0 Å². The van der Waals surface area contributed by atoms with Crippen molar-refractivity contribution in [1.29, 1.82) is 0 Å². The van der Waals surface area contributed by atoms with Gasteiger partial charge in [-0.3, -0.25) is 0 Å². The van der Waals surface area contributed by atoms with Crippen molar-refractivity contribution < 1.29 is 0 Å². The van der Waals surface area contributed by atoms with Crippen molar-refractivity contribution in [2.75, 3.05) is 23.7 Å². The molecule has 0 bridgehead atoms. The molecule has 3 heteroatoms. The molecular formula is C14H21BrN2. The van der Waals surface area contributed by atoms with Crippen molar-refractivity contribution >= 4 is 27.3 Å². The fourth-order valence-corrected chi connectivity index (χ4v) is 3.26. The number of nitrogens with two attached hydrogens (primary N) is 1. The first-order valence-electron chi connectivity index (χ1n) is 6.32. The maximum Gasteiger partial charge on any atom is 0.0531 e. The molecule has 0 spiro atoms. The molecule has 0 radical (unpaired) electrons. The predicted molar refractivity (Wildman–Crippen MR) is 78.5 cm³/mol. The van der Waals surface area contributed by atoms with Crippen LogP contribution in [0.5, 0.6) is 0 Å². The van der Waals surface area contributed by atoms with Crippen LogP contribution >= 0.6 is 15.9 Å². The van der Waals surface area contributed by atoms with Gasteiger partial charge >= 0.3 is 0 Å². The Morgan fingerprint density at radius 1 is 1.29 bits per heavy atom. The Bertz CT molecular complexity index is 416. The highest BCUT2D eigenvalue weighted by Gasteiger charge is 2.40. The Kier molecular flexibility index (Phi) is 3.39. The van der Waals surface area contributed by atoms with E-state index in [0.29, 0.717) is 5.41 Å². The minimum atomic E-state index is 0.527. The number of anilines is 2. The van der Waals surface area contributed by atoms with Gasteiger partial charge in [-0.15, -0.1) is 0 Å². The summed E-state index contributed by atoms with van der Waals surface area (Å²) in [6.07, 6.45) is 2.53. The van der Waals surface area contributed by atoms with E-state index in [1.54, 1.807) is 0 Å². The SMILES string of the molecule is CCC1(CC)CN(c2cc(N)c(C)cc2Br)C1. The van der Waals surface area contributed by atoms with Gasteiger partial charge in [-0.1, -0.05) is 13.8 Å². The van der Waals surface area contributed by atoms with Crippen LogP contribution in [0, 0.1) is 12.3 Å². The molecule has 2 rings (SSSR count). The molecule has 1 fully saturated rings. The summed E-state index contributed by atoms with van der Waals surface area (Å²) in [6.45, 7) is 8.93. The summed E-state index contributed by atoms with van der Waals surface area (Å²) in [5, 5.41) is 0. The maximum absolute atomic E-state index is 5.99. The Labute approximate surface area is 112 Å². The van der Waals surface area contributed by atoms with Crippen LogP contribution in [0.4, 0.5) is 11.4 Å². The standard InChI is InChI=1S/C14H21BrN2/c1-4-14(5-2)8-17(9-14)13-7-12(16)10(3)6-11(13)15/h6-7H,4-5,8-9,16H2,1-3H3. The van der Waals surface area contributed by atoms with Crippen LogP contribution in [-0.2, 0) is 0 Å². The fraction of sp³-hybridized carbons (Fsp3) is 0.571. The average molecular weight is 297 g/mol. The number of aryl methyl sites for hydroxylation is 1. The number of rotatable bonds is 3. The van der Waals surface area contributed by atoms with Gasteiger partial charge in [0.25, 0.3) is 0 Å². The summed E-state index contributed by atoms with van der Waals surface area (Å²) in [7, 11) is 0. The highest BCUT2D eigenvalue weighted by molar-refractivity contribution is 9.10. The molecule has 0 amide bonds. The second kappa shape index (κ2) is 4.52. The van der Waals surface area contributed by atoms with E-state index in [9.17, 15) is 0 Å². The van der Waals surface area contributed by atoms with Gasteiger partial charge in [0.1, 0.15) is 0 Å². The molecule has 1 aromatic rings.